The molecule has 0 amide bonds. The smallest absolute Gasteiger partial charge is 0.238 e. The van der Waals surface area contributed by atoms with Crippen molar-refractivity contribution in [3.8, 4) is 0 Å². The minimum absolute atomic E-state index is 0.0621. The molecule has 0 unspecified atom stereocenters. The molecule has 0 aliphatic rings. The van der Waals surface area contributed by atoms with Gasteiger partial charge in [0.2, 0.25) is 10.0 Å². The average Bonchev–Trinajstić information content (AvgIpc) is 2.43. The molecule has 0 bridgehead atoms. The second-order valence-electron chi connectivity index (χ2n) is 4.60. The summed E-state index contributed by atoms with van der Waals surface area (Å²) in [6.07, 6.45) is 0. The molecule has 21 heavy (non-hydrogen) atoms. The second kappa shape index (κ2) is 6.55. The summed E-state index contributed by atoms with van der Waals surface area (Å²) in [6.45, 7) is 1.73. The van der Waals surface area contributed by atoms with Crippen molar-refractivity contribution in [3.63, 3.8) is 0 Å². The predicted molar refractivity (Wildman–Crippen MR) is 85.3 cm³/mol. The average molecular weight is 371 g/mol. The summed E-state index contributed by atoms with van der Waals surface area (Å²) in [5.74, 6) is 0.151. The Morgan fingerprint density at radius 2 is 1.76 bits per heavy atom. The van der Waals surface area contributed by atoms with Crippen LogP contribution in [-0.2, 0) is 22.4 Å². The summed E-state index contributed by atoms with van der Waals surface area (Å²) in [5.41, 5.74) is 2.10. The van der Waals surface area contributed by atoms with Crippen molar-refractivity contribution in [2.45, 2.75) is 19.3 Å². The third-order valence-electron chi connectivity index (χ3n) is 2.84. The molecule has 0 aliphatic heterocycles. The summed E-state index contributed by atoms with van der Waals surface area (Å²) in [7, 11) is -3.53. The van der Waals surface area contributed by atoms with E-state index in [-0.39, 0.29) is 12.4 Å². The monoisotopic (exact) mass is 370 g/mol. The van der Waals surface area contributed by atoms with Crippen LogP contribution >= 0.6 is 15.9 Å². The fraction of sp³-hybridized carbons (Fsp3) is 0.214. The molecule has 5 nitrogen and oxygen atoms in total. The van der Waals surface area contributed by atoms with Gasteiger partial charge in [0.1, 0.15) is 5.82 Å². The van der Waals surface area contributed by atoms with Crippen molar-refractivity contribution in [1.29, 1.82) is 0 Å². The zero-order valence-electron chi connectivity index (χ0n) is 11.4. The number of rotatable bonds is 5. The first-order valence-electron chi connectivity index (χ1n) is 6.22. The van der Waals surface area contributed by atoms with Crippen LogP contribution in [0.1, 0.15) is 16.8 Å². The molecule has 0 saturated carbocycles. The maximum absolute atomic E-state index is 12.1. The Bertz CT molecular complexity index is 730. The molecule has 2 aromatic rings. The van der Waals surface area contributed by atoms with E-state index in [1.807, 2.05) is 0 Å². The first-order valence-corrected chi connectivity index (χ1v) is 8.66. The number of pyridine rings is 1. The molecule has 2 rings (SSSR count). The topological polar surface area (TPSA) is 79.3 Å². The zero-order valence-corrected chi connectivity index (χ0v) is 13.8. The number of aromatic nitrogens is 1. The van der Waals surface area contributed by atoms with Gasteiger partial charge >= 0.3 is 0 Å². The Kier molecular flexibility index (Phi) is 4.97. The first-order chi connectivity index (χ1) is 9.89. The molecule has 0 fully saturated rings. The molecule has 1 heterocycles. The standard InChI is InChI=1S/C14H15BrN2O3S/c1-10-13(15)6-7-14(16-10)17-21(19,20)9-12-4-2-11(8-18)3-5-12/h2-7,18H,8-9H2,1H3,(H,16,17). The van der Waals surface area contributed by atoms with Crippen molar-refractivity contribution in [1.82, 2.24) is 4.98 Å². The van der Waals surface area contributed by atoms with Gasteiger partial charge in [0.15, 0.2) is 0 Å². The molecule has 1 aromatic heterocycles. The first kappa shape index (κ1) is 15.9. The number of benzene rings is 1. The van der Waals surface area contributed by atoms with E-state index in [9.17, 15) is 8.42 Å². The summed E-state index contributed by atoms with van der Waals surface area (Å²) >= 11 is 3.32. The van der Waals surface area contributed by atoms with E-state index in [1.54, 1.807) is 43.3 Å². The molecule has 0 saturated heterocycles. The van der Waals surface area contributed by atoms with Crippen molar-refractivity contribution in [2.75, 3.05) is 4.72 Å². The molecule has 7 heteroatoms. The van der Waals surface area contributed by atoms with Crippen LogP contribution in [0, 0.1) is 6.92 Å². The molecule has 0 atom stereocenters. The van der Waals surface area contributed by atoms with Crippen LogP contribution < -0.4 is 4.72 Å². The number of nitrogens with zero attached hydrogens (tertiary/aromatic N) is 1. The Morgan fingerprint density at radius 3 is 2.33 bits per heavy atom. The van der Waals surface area contributed by atoms with E-state index in [0.29, 0.717) is 17.1 Å². The van der Waals surface area contributed by atoms with Crippen LogP contribution in [-0.4, -0.2) is 18.5 Å². The number of sulfonamides is 1. The van der Waals surface area contributed by atoms with Gasteiger partial charge in [-0.05, 0) is 46.1 Å². The SMILES string of the molecule is Cc1nc(NS(=O)(=O)Cc2ccc(CO)cc2)ccc1Br. The van der Waals surface area contributed by atoms with Gasteiger partial charge < -0.3 is 5.11 Å². The van der Waals surface area contributed by atoms with Crippen LogP contribution in [0.5, 0.6) is 0 Å². The number of nitrogens with one attached hydrogen (secondary N) is 1. The van der Waals surface area contributed by atoms with Crippen LogP contribution in [0.15, 0.2) is 40.9 Å². The Labute approximate surface area is 132 Å². The zero-order chi connectivity index (χ0) is 15.5. The number of aliphatic hydroxyl groups excluding tert-OH is 1. The van der Waals surface area contributed by atoms with Gasteiger partial charge in [-0.3, -0.25) is 4.72 Å². The number of anilines is 1. The fourth-order valence-electron chi connectivity index (χ4n) is 1.76. The predicted octanol–water partition coefficient (Wildman–Crippen LogP) is 2.59. The number of aliphatic hydroxyl groups is 1. The van der Waals surface area contributed by atoms with Crippen molar-refractivity contribution >= 4 is 31.8 Å². The number of halogens is 1. The van der Waals surface area contributed by atoms with E-state index in [2.05, 4.69) is 25.6 Å². The van der Waals surface area contributed by atoms with E-state index in [0.717, 1.165) is 10.0 Å². The number of hydrogen-bond donors (Lipinski definition) is 2. The largest absolute Gasteiger partial charge is 0.392 e. The van der Waals surface area contributed by atoms with Crippen LogP contribution in [0.3, 0.4) is 0 Å². The van der Waals surface area contributed by atoms with Crippen molar-refractivity contribution in [2.24, 2.45) is 0 Å². The van der Waals surface area contributed by atoms with Crippen molar-refractivity contribution in [3.05, 3.63) is 57.7 Å². The van der Waals surface area contributed by atoms with E-state index < -0.39 is 10.0 Å². The van der Waals surface area contributed by atoms with Gasteiger partial charge in [0.25, 0.3) is 0 Å². The van der Waals surface area contributed by atoms with Crippen molar-refractivity contribution < 1.29 is 13.5 Å². The lowest BCUT2D eigenvalue weighted by atomic mass is 10.2. The maximum Gasteiger partial charge on any atom is 0.238 e. The van der Waals surface area contributed by atoms with Gasteiger partial charge in [0, 0.05) is 4.47 Å². The molecular weight excluding hydrogens is 356 g/mol. The number of hydrogen-bond acceptors (Lipinski definition) is 4. The molecule has 112 valence electrons. The highest BCUT2D eigenvalue weighted by molar-refractivity contribution is 9.10. The Balaban J connectivity index is 2.12. The number of aryl methyl sites for hydroxylation is 1. The summed E-state index contributed by atoms with van der Waals surface area (Å²) < 4.78 is 27.5. The molecular formula is C14H15BrN2O3S. The molecule has 0 spiro atoms. The maximum atomic E-state index is 12.1. The molecule has 1 aromatic carbocycles. The summed E-state index contributed by atoms with van der Waals surface area (Å²) in [6, 6.07) is 10.1. The summed E-state index contributed by atoms with van der Waals surface area (Å²) in [5, 5.41) is 8.96. The lowest BCUT2D eigenvalue weighted by Crippen LogP contribution is -2.16. The third kappa shape index (κ3) is 4.52. The summed E-state index contributed by atoms with van der Waals surface area (Å²) in [4.78, 5) is 4.16. The molecule has 0 radical (unpaired) electrons. The second-order valence-corrected chi connectivity index (χ2v) is 7.18. The lowest BCUT2D eigenvalue weighted by Gasteiger charge is -2.09. The van der Waals surface area contributed by atoms with Crippen LogP contribution in [0.2, 0.25) is 0 Å². The van der Waals surface area contributed by atoms with E-state index in [1.165, 1.54) is 0 Å². The van der Waals surface area contributed by atoms with E-state index in [4.69, 9.17) is 5.11 Å². The normalized spacial score (nSPS) is 11.4. The minimum atomic E-state index is -3.53. The quantitative estimate of drug-likeness (QED) is 0.847. The van der Waals surface area contributed by atoms with E-state index >= 15 is 0 Å². The van der Waals surface area contributed by atoms with Crippen LogP contribution in [0.25, 0.3) is 0 Å². The highest BCUT2D eigenvalue weighted by atomic mass is 79.9. The van der Waals surface area contributed by atoms with Crippen LogP contribution in [0.4, 0.5) is 5.82 Å². The Morgan fingerprint density at radius 1 is 1.14 bits per heavy atom. The van der Waals surface area contributed by atoms with Gasteiger partial charge in [-0.15, -0.1) is 0 Å². The molecule has 0 aliphatic carbocycles. The van der Waals surface area contributed by atoms with Gasteiger partial charge in [0.05, 0.1) is 18.1 Å². The fourth-order valence-corrected chi connectivity index (χ4v) is 3.11. The highest BCUT2D eigenvalue weighted by Gasteiger charge is 2.13. The van der Waals surface area contributed by atoms with Gasteiger partial charge in [-0.1, -0.05) is 24.3 Å². The highest BCUT2D eigenvalue weighted by Crippen LogP contribution is 2.18. The Hall–Kier alpha value is -1.44. The third-order valence-corrected chi connectivity index (χ3v) is 4.92. The minimum Gasteiger partial charge on any atom is -0.392 e. The molecule has 2 N–H and O–H groups in total. The van der Waals surface area contributed by atoms with Gasteiger partial charge in [-0.25, -0.2) is 13.4 Å². The lowest BCUT2D eigenvalue weighted by molar-refractivity contribution is 0.282. The van der Waals surface area contributed by atoms with Gasteiger partial charge in [-0.2, -0.15) is 0 Å².